The summed E-state index contributed by atoms with van der Waals surface area (Å²) in [5.41, 5.74) is 0. The van der Waals surface area contributed by atoms with Gasteiger partial charge in [-0.1, -0.05) is 6.58 Å². The molecule has 10 heavy (non-hydrogen) atoms. The second-order valence-electron chi connectivity index (χ2n) is 1.48. The lowest BCUT2D eigenvalue weighted by Gasteiger charge is -1.98. The fraction of sp³-hybridized carbons (Fsp3) is 0.500. The van der Waals surface area contributed by atoms with Crippen LogP contribution in [0, 0.1) is 0 Å². The molecule has 0 aromatic heterocycles. The van der Waals surface area contributed by atoms with Crippen LogP contribution in [-0.2, 0) is 9.53 Å². The highest BCUT2D eigenvalue weighted by molar-refractivity contribution is 5.85. The molecule has 0 bridgehead atoms. The number of nitrogens with one attached hydrogen (secondary N) is 1. The molecule has 1 N–H and O–H groups in total. The van der Waals surface area contributed by atoms with E-state index in [0.717, 1.165) is 6.08 Å². The van der Waals surface area contributed by atoms with Crippen LogP contribution in [0.1, 0.15) is 0 Å². The zero-order chi connectivity index (χ0) is 7.11. The van der Waals surface area contributed by atoms with Crippen LogP contribution in [-0.4, -0.2) is 26.2 Å². The molecule has 0 rings (SSSR count). The second-order valence-corrected chi connectivity index (χ2v) is 1.48. The molecule has 0 aliphatic carbocycles. The van der Waals surface area contributed by atoms with Crippen LogP contribution in [0.15, 0.2) is 12.7 Å². The van der Waals surface area contributed by atoms with E-state index >= 15 is 0 Å². The van der Waals surface area contributed by atoms with Gasteiger partial charge in [-0.3, -0.25) is 0 Å². The largest absolute Gasteiger partial charge is 0.461 e. The summed E-state index contributed by atoms with van der Waals surface area (Å²) >= 11 is 0. The lowest BCUT2D eigenvalue weighted by atomic mass is 10.6. The third-order valence-electron chi connectivity index (χ3n) is 0.763. The lowest BCUT2D eigenvalue weighted by Crippen LogP contribution is -2.16. The van der Waals surface area contributed by atoms with Crippen molar-refractivity contribution in [1.82, 2.24) is 5.32 Å². The number of hydrogen-bond acceptors (Lipinski definition) is 3. The molecule has 3 nitrogen and oxygen atoms in total. The normalized spacial score (nSPS) is 7.70. The summed E-state index contributed by atoms with van der Waals surface area (Å²) in [4.78, 5) is 10.3. The van der Waals surface area contributed by atoms with Crippen molar-refractivity contribution in [1.29, 1.82) is 0 Å². The van der Waals surface area contributed by atoms with Crippen LogP contribution in [0.4, 0.5) is 0 Å². The third kappa shape index (κ3) is 7.46. The van der Waals surface area contributed by atoms with Gasteiger partial charge < -0.3 is 10.1 Å². The maximum atomic E-state index is 10.3. The van der Waals surface area contributed by atoms with Crippen LogP contribution in [0.5, 0.6) is 0 Å². The summed E-state index contributed by atoms with van der Waals surface area (Å²) in [6, 6.07) is 0. The average Bonchev–Trinajstić information content (AvgIpc) is 1.89. The highest BCUT2D eigenvalue weighted by Crippen LogP contribution is 1.75. The fourth-order valence-electron chi connectivity index (χ4n) is 0.313. The Bertz CT molecular complexity index is 106. The maximum Gasteiger partial charge on any atom is 0.330 e. The van der Waals surface area contributed by atoms with Gasteiger partial charge in [0.25, 0.3) is 0 Å². The molecule has 0 spiro atoms. The molecule has 0 fully saturated rings. The molecule has 0 amide bonds. The Morgan fingerprint density at radius 2 is 2.40 bits per heavy atom. The van der Waals surface area contributed by atoms with E-state index in [1.54, 1.807) is 7.05 Å². The average molecular weight is 166 g/mol. The number of hydrogen-bond donors (Lipinski definition) is 1. The molecular formula is C6H12ClNO2. The van der Waals surface area contributed by atoms with Crippen molar-refractivity contribution in [3.63, 3.8) is 0 Å². The van der Waals surface area contributed by atoms with E-state index in [4.69, 9.17) is 0 Å². The van der Waals surface area contributed by atoms with Crippen molar-refractivity contribution in [2.24, 2.45) is 0 Å². The minimum absolute atomic E-state index is 0. The quantitative estimate of drug-likeness (QED) is 0.371. The Morgan fingerprint density at radius 1 is 1.80 bits per heavy atom. The molecule has 0 atom stereocenters. The van der Waals surface area contributed by atoms with Crippen molar-refractivity contribution in [2.45, 2.75) is 0 Å². The van der Waals surface area contributed by atoms with E-state index in [1.807, 2.05) is 0 Å². The van der Waals surface area contributed by atoms with E-state index in [-0.39, 0.29) is 18.4 Å². The van der Waals surface area contributed by atoms with Gasteiger partial charge in [0.2, 0.25) is 0 Å². The van der Waals surface area contributed by atoms with Gasteiger partial charge in [0.05, 0.1) is 0 Å². The van der Waals surface area contributed by atoms with E-state index in [0.29, 0.717) is 13.2 Å². The Labute approximate surface area is 66.9 Å². The zero-order valence-electron chi connectivity index (χ0n) is 5.92. The molecule has 0 aliphatic heterocycles. The van der Waals surface area contributed by atoms with Gasteiger partial charge in [0.1, 0.15) is 6.61 Å². The van der Waals surface area contributed by atoms with E-state index in [2.05, 4.69) is 16.6 Å². The van der Waals surface area contributed by atoms with Crippen LogP contribution in [0.3, 0.4) is 0 Å². The van der Waals surface area contributed by atoms with Crippen molar-refractivity contribution >= 4 is 18.4 Å². The zero-order valence-corrected chi connectivity index (χ0v) is 6.74. The predicted molar refractivity (Wildman–Crippen MR) is 42.3 cm³/mol. The number of likely N-dealkylation sites (N-methyl/N-ethyl adjacent to an activating group) is 1. The first kappa shape index (κ1) is 12.2. The Balaban J connectivity index is 0. The van der Waals surface area contributed by atoms with Gasteiger partial charge in [0.15, 0.2) is 0 Å². The van der Waals surface area contributed by atoms with E-state index in [9.17, 15) is 4.79 Å². The Morgan fingerprint density at radius 3 is 2.80 bits per heavy atom. The van der Waals surface area contributed by atoms with Crippen LogP contribution >= 0.6 is 12.4 Å². The predicted octanol–water partition coefficient (Wildman–Crippen LogP) is 0.357. The first-order valence-corrected chi connectivity index (χ1v) is 2.75. The molecule has 0 radical (unpaired) electrons. The number of carbonyl (C=O) groups is 1. The number of ether oxygens (including phenoxy) is 1. The molecule has 0 aromatic rings. The summed E-state index contributed by atoms with van der Waals surface area (Å²) in [7, 11) is 1.79. The van der Waals surface area contributed by atoms with Gasteiger partial charge >= 0.3 is 5.97 Å². The van der Waals surface area contributed by atoms with E-state index < -0.39 is 0 Å². The van der Waals surface area contributed by atoms with E-state index in [1.165, 1.54) is 0 Å². The smallest absolute Gasteiger partial charge is 0.330 e. The first-order valence-electron chi connectivity index (χ1n) is 2.75. The first-order chi connectivity index (χ1) is 4.31. The molecule has 0 saturated carbocycles. The minimum atomic E-state index is -0.370. The SMILES string of the molecule is C=CC(=O)OCCNC.Cl. The number of carbonyl (C=O) groups excluding carboxylic acids is 1. The number of rotatable bonds is 4. The summed E-state index contributed by atoms with van der Waals surface area (Å²) in [5, 5.41) is 2.84. The topological polar surface area (TPSA) is 38.3 Å². The van der Waals surface area contributed by atoms with Crippen LogP contribution < -0.4 is 5.32 Å². The molecule has 0 unspecified atom stereocenters. The molecule has 4 heteroatoms. The molecule has 0 aromatic carbocycles. The maximum absolute atomic E-state index is 10.3. The summed E-state index contributed by atoms with van der Waals surface area (Å²) in [6.45, 7) is 4.33. The Hall–Kier alpha value is -0.540. The molecular weight excluding hydrogens is 154 g/mol. The molecule has 0 heterocycles. The minimum Gasteiger partial charge on any atom is -0.461 e. The summed E-state index contributed by atoms with van der Waals surface area (Å²) in [5.74, 6) is -0.370. The van der Waals surface area contributed by atoms with Gasteiger partial charge in [-0.15, -0.1) is 12.4 Å². The van der Waals surface area contributed by atoms with Gasteiger partial charge in [-0.25, -0.2) is 4.79 Å². The highest BCUT2D eigenvalue weighted by Gasteiger charge is 1.90. The summed E-state index contributed by atoms with van der Waals surface area (Å²) < 4.78 is 4.61. The molecule has 0 aliphatic rings. The van der Waals surface area contributed by atoms with Crippen molar-refractivity contribution in [3.8, 4) is 0 Å². The fourth-order valence-corrected chi connectivity index (χ4v) is 0.313. The number of esters is 1. The van der Waals surface area contributed by atoms with Crippen molar-refractivity contribution < 1.29 is 9.53 Å². The number of halogens is 1. The van der Waals surface area contributed by atoms with Gasteiger partial charge in [-0.05, 0) is 7.05 Å². The van der Waals surface area contributed by atoms with Gasteiger partial charge in [-0.2, -0.15) is 0 Å². The Kier molecular flexibility index (Phi) is 10.3. The lowest BCUT2D eigenvalue weighted by molar-refractivity contribution is -0.137. The van der Waals surface area contributed by atoms with Crippen LogP contribution in [0.25, 0.3) is 0 Å². The van der Waals surface area contributed by atoms with Gasteiger partial charge in [0, 0.05) is 12.6 Å². The standard InChI is InChI=1S/C6H11NO2.ClH/c1-3-6(8)9-5-4-7-2;/h3,7H,1,4-5H2,2H3;1H. The molecule has 60 valence electrons. The third-order valence-corrected chi connectivity index (χ3v) is 0.763. The van der Waals surface area contributed by atoms with Crippen molar-refractivity contribution in [3.05, 3.63) is 12.7 Å². The van der Waals surface area contributed by atoms with Crippen LogP contribution in [0.2, 0.25) is 0 Å². The van der Waals surface area contributed by atoms with Crippen molar-refractivity contribution in [2.75, 3.05) is 20.2 Å². The highest BCUT2D eigenvalue weighted by atomic mass is 35.5. The summed E-state index contributed by atoms with van der Waals surface area (Å²) in [6.07, 6.45) is 1.15. The monoisotopic (exact) mass is 165 g/mol. The molecule has 0 saturated heterocycles. The second kappa shape index (κ2) is 8.46.